The molecule has 11 heteroatoms. The molecule has 0 radical (unpaired) electrons. The Hall–Kier alpha value is -3.47. The number of ether oxygens (including phenoxy) is 3. The van der Waals surface area contributed by atoms with Gasteiger partial charge in [-0.3, -0.25) is 0 Å². The molecule has 2 rings (SSSR count). The lowest BCUT2D eigenvalue weighted by molar-refractivity contribution is -0.274. The quantitative estimate of drug-likeness (QED) is 0.288. The van der Waals surface area contributed by atoms with E-state index >= 15 is 0 Å². The van der Waals surface area contributed by atoms with Gasteiger partial charge in [-0.25, -0.2) is 9.59 Å². The Morgan fingerprint density at radius 1 is 1.03 bits per heavy atom. The summed E-state index contributed by atoms with van der Waals surface area (Å²) in [6.45, 7) is 4.80. The van der Waals surface area contributed by atoms with E-state index in [0.29, 0.717) is 18.9 Å². The number of amides is 2. The average molecular weight is 527 g/mol. The smallest absolute Gasteiger partial charge is 0.492 e. The molecule has 2 amide bonds. The molecule has 0 fully saturated rings. The van der Waals surface area contributed by atoms with Gasteiger partial charge in [-0.15, -0.1) is 13.2 Å². The fourth-order valence-corrected chi connectivity index (χ4v) is 3.47. The number of unbranched alkanes of at least 4 members (excludes halogenated alkanes) is 2. The lowest BCUT2D eigenvalue weighted by Crippen LogP contribution is -2.38. The molecule has 0 saturated carbocycles. The van der Waals surface area contributed by atoms with Crippen LogP contribution in [0.25, 0.3) is 0 Å². The van der Waals surface area contributed by atoms with Crippen molar-refractivity contribution in [1.82, 2.24) is 4.90 Å². The zero-order valence-electron chi connectivity index (χ0n) is 20.9. The van der Waals surface area contributed by atoms with Crippen LogP contribution in [-0.4, -0.2) is 60.8 Å². The number of aliphatic carboxylic acids is 1. The number of alkyl halides is 3. The number of carbonyl (C=O) groups excluding carboxylic acids is 1. The number of carbonyl (C=O) groups is 2. The molecule has 204 valence electrons. The summed E-state index contributed by atoms with van der Waals surface area (Å²) in [5.41, 5.74) is 0.682. The molecule has 1 atom stereocenters. The average Bonchev–Trinajstić information content (AvgIpc) is 2.84. The number of carboxylic acid groups (broad SMARTS) is 1. The van der Waals surface area contributed by atoms with Gasteiger partial charge in [0.2, 0.25) is 0 Å². The number of anilines is 1. The Morgan fingerprint density at radius 3 is 2.35 bits per heavy atom. The first-order chi connectivity index (χ1) is 17.6. The van der Waals surface area contributed by atoms with Crippen LogP contribution in [0.1, 0.15) is 38.7 Å². The van der Waals surface area contributed by atoms with Crippen LogP contribution in [0.3, 0.4) is 0 Å². The molecular weight excluding hydrogens is 493 g/mol. The van der Waals surface area contributed by atoms with Gasteiger partial charge in [0.25, 0.3) is 0 Å². The van der Waals surface area contributed by atoms with Gasteiger partial charge in [0, 0.05) is 19.6 Å². The highest BCUT2D eigenvalue weighted by Gasteiger charge is 2.32. The van der Waals surface area contributed by atoms with Crippen molar-refractivity contribution < 1.29 is 42.1 Å². The summed E-state index contributed by atoms with van der Waals surface area (Å²) in [4.78, 5) is 25.6. The molecule has 0 aliphatic heterocycles. The van der Waals surface area contributed by atoms with E-state index in [2.05, 4.69) is 10.1 Å². The second kappa shape index (κ2) is 14.9. The highest BCUT2D eigenvalue weighted by atomic mass is 19.4. The maximum Gasteiger partial charge on any atom is 0.573 e. The SMILES string of the molecule is CCCCCN(CCOc1ccc(CC(OCC)C(=O)O)cc1)C(=O)Nc1ccccc1OC(F)(F)F. The zero-order chi connectivity index (χ0) is 27.3. The van der Waals surface area contributed by atoms with E-state index in [1.165, 1.54) is 23.1 Å². The van der Waals surface area contributed by atoms with Gasteiger partial charge in [-0.05, 0) is 43.2 Å². The van der Waals surface area contributed by atoms with Crippen molar-refractivity contribution >= 4 is 17.7 Å². The Labute approximate surface area is 214 Å². The van der Waals surface area contributed by atoms with Crippen LogP contribution in [0.15, 0.2) is 48.5 Å². The Balaban J connectivity index is 1.98. The number of para-hydroxylation sites is 2. The monoisotopic (exact) mass is 526 g/mol. The van der Waals surface area contributed by atoms with Crippen LogP contribution < -0.4 is 14.8 Å². The summed E-state index contributed by atoms with van der Waals surface area (Å²) in [5, 5.41) is 11.7. The highest BCUT2D eigenvalue weighted by Crippen LogP contribution is 2.30. The molecular formula is C26H33F3N2O6. The van der Waals surface area contributed by atoms with E-state index in [4.69, 9.17) is 9.47 Å². The summed E-state index contributed by atoms with van der Waals surface area (Å²) in [6, 6.07) is 11.7. The van der Waals surface area contributed by atoms with Crippen molar-refractivity contribution in [2.45, 2.75) is 52.0 Å². The van der Waals surface area contributed by atoms with Crippen LogP contribution in [0.4, 0.5) is 23.7 Å². The third-order valence-electron chi connectivity index (χ3n) is 5.29. The molecule has 0 spiro atoms. The van der Waals surface area contributed by atoms with Crippen molar-refractivity contribution in [1.29, 1.82) is 0 Å². The van der Waals surface area contributed by atoms with Crippen molar-refractivity contribution in [2.75, 3.05) is 31.6 Å². The van der Waals surface area contributed by atoms with E-state index in [0.717, 1.165) is 30.9 Å². The van der Waals surface area contributed by atoms with Gasteiger partial charge in [-0.2, -0.15) is 0 Å². The van der Waals surface area contributed by atoms with Gasteiger partial charge in [0.05, 0.1) is 12.2 Å². The van der Waals surface area contributed by atoms with E-state index in [-0.39, 0.29) is 25.3 Å². The normalized spacial score (nSPS) is 12.0. The molecule has 0 aromatic heterocycles. The summed E-state index contributed by atoms with van der Waals surface area (Å²) in [5.74, 6) is -0.997. The van der Waals surface area contributed by atoms with Crippen LogP contribution in [0.2, 0.25) is 0 Å². The molecule has 2 aromatic rings. The molecule has 2 N–H and O–H groups in total. The standard InChI is InChI=1S/C26H33F3N2O6/c1-3-5-8-15-31(25(34)30-21-9-6-7-10-22(21)37-26(27,28)29)16-17-36-20-13-11-19(12-14-20)18-23(24(32)33)35-4-2/h6-7,9-14,23H,3-5,8,15-18H2,1-2H3,(H,30,34)(H,32,33). The number of benzene rings is 2. The fraction of sp³-hybridized carbons (Fsp3) is 0.462. The molecule has 0 aliphatic carbocycles. The second-order valence-electron chi connectivity index (χ2n) is 8.15. The highest BCUT2D eigenvalue weighted by molar-refractivity contribution is 5.91. The Kier molecular flexibility index (Phi) is 12.0. The lowest BCUT2D eigenvalue weighted by Gasteiger charge is -2.24. The van der Waals surface area contributed by atoms with Crippen molar-refractivity contribution in [3.05, 3.63) is 54.1 Å². The minimum absolute atomic E-state index is 0.0893. The predicted octanol–water partition coefficient (Wildman–Crippen LogP) is 5.72. The first kappa shape index (κ1) is 29.8. The van der Waals surface area contributed by atoms with Gasteiger partial charge < -0.3 is 29.5 Å². The van der Waals surface area contributed by atoms with Crippen LogP contribution in [-0.2, 0) is 16.0 Å². The summed E-state index contributed by atoms with van der Waals surface area (Å²) < 4.78 is 53.1. The Bertz CT molecular complexity index is 985. The van der Waals surface area contributed by atoms with Crippen LogP contribution in [0.5, 0.6) is 11.5 Å². The van der Waals surface area contributed by atoms with Crippen molar-refractivity contribution in [3.63, 3.8) is 0 Å². The summed E-state index contributed by atoms with van der Waals surface area (Å²) in [7, 11) is 0. The maximum absolute atomic E-state index is 12.9. The van der Waals surface area contributed by atoms with Crippen LogP contribution >= 0.6 is 0 Å². The number of hydrogen-bond donors (Lipinski definition) is 2. The fourth-order valence-electron chi connectivity index (χ4n) is 3.47. The minimum atomic E-state index is -4.89. The van der Waals surface area contributed by atoms with Gasteiger partial charge >= 0.3 is 18.4 Å². The molecule has 0 bridgehead atoms. The van der Waals surface area contributed by atoms with E-state index in [1.54, 1.807) is 31.2 Å². The first-order valence-electron chi connectivity index (χ1n) is 12.1. The molecule has 0 saturated heterocycles. The number of urea groups is 1. The first-order valence-corrected chi connectivity index (χ1v) is 12.1. The summed E-state index contributed by atoms with van der Waals surface area (Å²) in [6.07, 6.45) is -3.05. The molecule has 1 unspecified atom stereocenters. The van der Waals surface area contributed by atoms with Gasteiger partial charge in [0.1, 0.15) is 12.4 Å². The maximum atomic E-state index is 12.9. The summed E-state index contributed by atoms with van der Waals surface area (Å²) >= 11 is 0. The van der Waals surface area contributed by atoms with E-state index < -0.39 is 30.2 Å². The molecule has 8 nitrogen and oxygen atoms in total. The molecule has 2 aromatic carbocycles. The van der Waals surface area contributed by atoms with Gasteiger partial charge in [-0.1, -0.05) is 44.0 Å². The number of rotatable bonds is 15. The molecule has 0 aliphatic rings. The zero-order valence-corrected chi connectivity index (χ0v) is 20.9. The minimum Gasteiger partial charge on any atom is -0.492 e. The third-order valence-corrected chi connectivity index (χ3v) is 5.29. The third kappa shape index (κ3) is 11.0. The van der Waals surface area contributed by atoms with E-state index in [9.17, 15) is 27.9 Å². The molecule has 0 heterocycles. The predicted molar refractivity (Wildman–Crippen MR) is 132 cm³/mol. The number of nitrogens with zero attached hydrogens (tertiary/aromatic N) is 1. The lowest BCUT2D eigenvalue weighted by atomic mass is 10.1. The number of carboxylic acids is 1. The second-order valence-corrected chi connectivity index (χ2v) is 8.15. The molecule has 37 heavy (non-hydrogen) atoms. The number of halogens is 3. The number of nitrogens with one attached hydrogen (secondary N) is 1. The van der Waals surface area contributed by atoms with Crippen molar-refractivity contribution in [2.24, 2.45) is 0 Å². The topological polar surface area (TPSA) is 97.3 Å². The van der Waals surface area contributed by atoms with Crippen LogP contribution in [0, 0.1) is 0 Å². The Morgan fingerprint density at radius 2 is 1.73 bits per heavy atom. The largest absolute Gasteiger partial charge is 0.573 e. The number of hydrogen-bond acceptors (Lipinski definition) is 5. The van der Waals surface area contributed by atoms with E-state index in [1.807, 2.05) is 6.92 Å². The van der Waals surface area contributed by atoms with Gasteiger partial charge in [0.15, 0.2) is 11.9 Å². The van der Waals surface area contributed by atoms with Crippen molar-refractivity contribution in [3.8, 4) is 11.5 Å².